The first kappa shape index (κ1) is 17.1. The van der Waals surface area contributed by atoms with Gasteiger partial charge in [-0.2, -0.15) is 0 Å². The van der Waals surface area contributed by atoms with Crippen LogP contribution in [-0.4, -0.2) is 47.7 Å². The fourth-order valence-electron chi connectivity index (χ4n) is 3.91. The topological polar surface area (TPSA) is 61.8 Å². The fraction of sp³-hybridized carbons (Fsp3) is 0.381. The van der Waals surface area contributed by atoms with E-state index in [0.29, 0.717) is 30.8 Å². The van der Waals surface area contributed by atoms with E-state index in [1.165, 1.54) is 0 Å². The van der Waals surface area contributed by atoms with Crippen molar-refractivity contribution in [3.8, 4) is 11.5 Å². The highest BCUT2D eigenvalue weighted by Crippen LogP contribution is 2.33. The third-order valence-electron chi connectivity index (χ3n) is 5.49. The molecule has 136 valence electrons. The molecule has 0 aromatic heterocycles. The number of para-hydroxylation sites is 1. The van der Waals surface area contributed by atoms with Crippen molar-refractivity contribution in [2.75, 3.05) is 26.2 Å². The number of nitrogens with zero attached hydrogens (tertiary/aromatic N) is 1. The van der Waals surface area contributed by atoms with Gasteiger partial charge in [-0.25, -0.2) is 0 Å². The minimum absolute atomic E-state index is 0.00358. The Morgan fingerprint density at radius 2 is 1.92 bits per heavy atom. The maximum atomic E-state index is 13.0. The van der Waals surface area contributed by atoms with Crippen molar-refractivity contribution in [3.05, 3.63) is 60.2 Å². The van der Waals surface area contributed by atoms with Gasteiger partial charge in [-0.05, 0) is 49.7 Å². The summed E-state index contributed by atoms with van der Waals surface area (Å²) in [7, 11) is 0. The lowest BCUT2D eigenvalue weighted by molar-refractivity contribution is -0.0817. The second-order valence-electron chi connectivity index (χ2n) is 7.20. The molecule has 2 heterocycles. The highest BCUT2D eigenvalue weighted by Gasteiger charge is 2.43. The Morgan fingerprint density at radius 1 is 1.12 bits per heavy atom. The van der Waals surface area contributed by atoms with E-state index in [1.54, 1.807) is 6.07 Å². The minimum atomic E-state index is -0.625. The number of rotatable bonds is 3. The standard InChI is InChI=1S/C21H24N2O3/c24-20(23-12-10-21(25)9-11-22-14-17(21)15-23)16-5-4-8-19(13-16)26-18-6-2-1-3-7-18/h1-8,13,17,22,25H,9-12,14-15H2/t17-,21-/m1/s1. The lowest BCUT2D eigenvalue weighted by Crippen LogP contribution is -2.59. The highest BCUT2D eigenvalue weighted by atomic mass is 16.5. The first-order valence-electron chi connectivity index (χ1n) is 9.19. The first-order chi connectivity index (χ1) is 12.6. The summed E-state index contributed by atoms with van der Waals surface area (Å²) in [4.78, 5) is 14.8. The average molecular weight is 352 g/mol. The predicted molar refractivity (Wildman–Crippen MR) is 99.4 cm³/mol. The molecule has 0 spiro atoms. The summed E-state index contributed by atoms with van der Waals surface area (Å²) >= 11 is 0. The fourth-order valence-corrected chi connectivity index (χ4v) is 3.91. The number of hydrogen-bond donors (Lipinski definition) is 2. The number of fused-ring (bicyclic) bond motifs is 1. The molecule has 0 radical (unpaired) electrons. The monoisotopic (exact) mass is 352 g/mol. The Morgan fingerprint density at radius 3 is 2.77 bits per heavy atom. The summed E-state index contributed by atoms with van der Waals surface area (Å²) in [6.07, 6.45) is 1.41. The molecule has 4 rings (SSSR count). The van der Waals surface area contributed by atoms with Crippen LogP contribution in [0.4, 0.5) is 0 Å². The van der Waals surface area contributed by atoms with Crippen LogP contribution in [0.25, 0.3) is 0 Å². The second-order valence-corrected chi connectivity index (χ2v) is 7.20. The van der Waals surface area contributed by atoms with Gasteiger partial charge in [-0.1, -0.05) is 24.3 Å². The van der Waals surface area contributed by atoms with E-state index in [-0.39, 0.29) is 11.8 Å². The zero-order valence-corrected chi connectivity index (χ0v) is 14.7. The van der Waals surface area contributed by atoms with Gasteiger partial charge >= 0.3 is 0 Å². The van der Waals surface area contributed by atoms with Crippen molar-refractivity contribution in [2.45, 2.75) is 18.4 Å². The molecule has 2 aliphatic rings. The van der Waals surface area contributed by atoms with Crippen LogP contribution in [-0.2, 0) is 0 Å². The molecule has 2 atom stereocenters. The van der Waals surface area contributed by atoms with Gasteiger partial charge in [0.15, 0.2) is 0 Å². The van der Waals surface area contributed by atoms with E-state index < -0.39 is 5.60 Å². The Hall–Kier alpha value is -2.37. The number of amides is 1. The van der Waals surface area contributed by atoms with Crippen molar-refractivity contribution in [1.82, 2.24) is 10.2 Å². The molecule has 2 aromatic rings. The van der Waals surface area contributed by atoms with Crippen LogP contribution in [0.5, 0.6) is 11.5 Å². The predicted octanol–water partition coefficient (Wildman–Crippen LogP) is 2.67. The van der Waals surface area contributed by atoms with E-state index in [2.05, 4.69) is 5.32 Å². The third kappa shape index (κ3) is 3.45. The third-order valence-corrected chi connectivity index (χ3v) is 5.49. The number of hydrogen-bond acceptors (Lipinski definition) is 4. The quantitative estimate of drug-likeness (QED) is 0.892. The number of aliphatic hydroxyl groups is 1. The number of piperidine rings is 2. The number of carbonyl (C=O) groups excluding carboxylic acids is 1. The highest BCUT2D eigenvalue weighted by molar-refractivity contribution is 5.94. The maximum Gasteiger partial charge on any atom is 0.254 e. The zero-order valence-electron chi connectivity index (χ0n) is 14.7. The van der Waals surface area contributed by atoms with E-state index in [9.17, 15) is 9.90 Å². The lowest BCUT2D eigenvalue weighted by atomic mass is 9.76. The van der Waals surface area contributed by atoms with Crippen molar-refractivity contribution in [3.63, 3.8) is 0 Å². The molecule has 5 nitrogen and oxygen atoms in total. The molecule has 2 aliphatic heterocycles. The van der Waals surface area contributed by atoms with Gasteiger partial charge in [0.25, 0.3) is 5.91 Å². The van der Waals surface area contributed by atoms with Gasteiger partial charge in [-0.15, -0.1) is 0 Å². The number of nitrogens with one attached hydrogen (secondary N) is 1. The summed E-state index contributed by atoms with van der Waals surface area (Å²) in [5.41, 5.74) is -0.00652. The van der Waals surface area contributed by atoms with E-state index in [1.807, 2.05) is 53.4 Å². The maximum absolute atomic E-state index is 13.0. The smallest absolute Gasteiger partial charge is 0.254 e. The van der Waals surface area contributed by atoms with Gasteiger partial charge in [0.05, 0.1) is 5.60 Å². The normalized spacial score (nSPS) is 25.4. The molecular weight excluding hydrogens is 328 g/mol. The van der Waals surface area contributed by atoms with Crippen LogP contribution >= 0.6 is 0 Å². The average Bonchev–Trinajstić information content (AvgIpc) is 2.68. The van der Waals surface area contributed by atoms with Crippen molar-refractivity contribution in [2.24, 2.45) is 5.92 Å². The van der Waals surface area contributed by atoms with Gasteiger partial charge in [-0.3, -0.25) is 4.79 Å². The largest absolute Gasteiger partial charge is 0.457 e. The van der Waals surface area contributed by atoms with Gasteiger partial charge in [0, 0.05) is 31.1 Å². The van der Waals surface area contributed by atoms with E-state index in [0.717, 1.165) is 25.3 Å². The Bertz CT molecular complexity index is 780. The summed E-state index contributed by atoms with van der Waals surface area (Å²) in [6.45, 7) is 2.79. The molecule has 26 heavy (non-hydrogen) atoms. The SMILES string of the molecule is O=C(c1cccc(Oc2ccccc2)c1)N1CC[C@]2(O)CCNC[C@@H]2C1. The first-order valence-corrected chi connectivity index (χ1v) is 9.19. The summed E-state index contributed by atoms with van der Waals surface area (Å²) in [6, 6.07) is 16.8. The molecule has 0 saturated carbocycles. The van der Waals surface area contributed by atoms with Crippen LogP contribution in [0.2, 0.25) is 0 Å². The number of ether oxygens (including phenoxy) is 1. The van der Waals surface area contributed by atoms with Gasteiger partial charge < -0.3 is 20.1 Å². The van der Waals surface area contributed by atoms with Crippen LogP contribution in [0.15, 0.2) is 54.6 Å². The Labute approximate surface area is 153 Å². The molecule has 2 N–H and O–H groups in total. The zero-order chi connectivity index (χ0) is 18.0. The summed E-state index contributed by atoms with van der Waals surface area (Å²) < 4.78 is 5.84. The summed E-state index contributed by atoms with van der Waals surface area (Å²) in [5, 5.41) is 14.1. The van der Waals surface area contributed by atoms with Gasteiger partial charge in [0.1, 0.15) is 11.5 Å². The summed E-state index contributed by atoms with van der Waals surface area (Å²) in [5.74, 6) is 1.48. The minimum Gasteiger partial charge on any atom is -0.457 e. The molecule has 2 aromatic carbocycles. The molecule has 5 heteroatoms. The molecular formula is C21H24N2O3. The van der Waals surface area contributed by atoms with E-state index >= 15 is 0 Å². The number of benzene rings is 2. The Kier molecular flexibility index (Phi) is 4.66. The van der Waals surface area contributed by atoms with Crippen LogP contribution in [0, 0.1) is 5.92 Å². The lowest BCUT2D eigenvalue weighted by Gasteiger charge is -2.47. The molecule has 0 aliphatic carbocycles. The second kappa shape index (κ2) is 7.09. The molecule has 0 unspecified atom stereocenters. The van der Waals surface area contributed by atoms with Crippen molar-refractivity contribution in [1.29, 1.82) is 0 Å². The number of likely N-dealkylation sites (tertiary alicyclic amines) is 1. The van der Waals surface area contributed by atoms with Crippen LogP contribution in [0.3, 0.4) is 0 Å². The van der Waals surface area contributed by atoms with Crippen molar-refractivity contribution >= 4 is 5.91 Å². The molecule has 0 bridgehead atoms. The Balaban J connectivity index is 1.47. The number of carbonyl (C=O) groups is 1. The van der Waals surface area contributed by atoms with E-state index in [4.69, 9.17) is 4.74 Å². The van der Waals surface area contributed by atoms with Crippen LogP contribution in [0.1, 0.15) is 23.2 Å². The molecule has 2 fully saturated rings. The van der Waals surface area contributed by atoms with Gasteiger partial charge in [0.2, 0.25) is 0 Å². The van der Waals surface area contributed by atoms with Crippen molar-refractivity contribution < 1.29 is 14.6 Å². The molecule has 2 saturated heterocycles. The van der Waals surface area contributed by atoms with Crippen LogP contribution < -0.4 is 10.1 Å². The molecule has 1 amide bonds.